The van der Waals surface area contributed by atoms with Gasteiger partial charge in [-0.25, -0.2) is 4.79 Å². The van der Waals surface area contributed by atoms with Gasteiger partial charge in [0.05, 0.1) is 30.0 Å². The number of nitrogens with zero attached hydrogens (tertiary/aromatic N) is 4. The first-order chi connectivity index (χ1) is 18.9. The van der Waals surface area contributed by atoms with Crippen LogP contribution in [0.4, 0.5) is 10.5 Å². The Morgan fingerprint density at radius 3 is 2.77 bits per heavy atom. The van der Waals surface area contributed by atoms with Crippen LogP contribution in [0.2, 0.25) is 0 Å². The van der Waals surface area contributed by atoms with Crippen molar-refractivity contribution in [1.82, 2.24) is 25.3 Å². The number of para-hydroxylation sites is 1. The average Bonchev–Trinajstić information content (AvgIpc) is 3.42. The highest BCUT2D eigenvalue weighted by Crippen LogP contribution is 2.42. The van der Waals surface area contributed by atoms with Gasteiger partial charge in [0, 0.05) is 42.7 Å². The standard InChI is InChI=1S/C29H33N7O3/c1-19-13-20(14-21-17-32-34-26(19)21)15-24(27(38)35-10-5-2-6-11-35)33-28(39)36-12-9-29(16-25(36)37)22-7-3-4-8-23(22)30-18-31-29/h3-4,7-8,13-14,17-18,24H,2,5-6,9-12,15-16H2,1H3,(H,30,31)(H,32,34)(H,33,39). The van der Waals surface area contributed by atoms with Crippen molar-refractivity contribution in [1.29, 1.82) is 0 Å². The van der Waals surface area contributed by atoms with E-state index in [1.54, 1.807) is 12.5 Å². The predicted octanol–water partition coefficient (Wildman–Crippen LogP) is 3.48. The number of aryl methyl sites for hydroxylation is 1. The third kappa shape index (κ3) is 4.75. The maximum absolute atomic E-state index is 13.6. The number of nitrogens with one attached hydrogen (secondary N) is 3. The Bertz CT molecular complexity index is 1460. The zero-order valence-corrected chi connectivity index (χ0v) is 22.1. The molecule has 2 saturated heterocycles. The van der Waals surface area contributed by atoms with Gasteiger partial charge in [-0.3, -0.25) is 24.6 Å². The van der Waals surface area contributed by atoms with Crippen molar-refractivity contribution in [3.05, 3.63) is 59.3 Å². The van der Waals surface area contributed by atoms with Crippen LogP contribution in [-0.2, 0) is 21.5 Å². The zero-order chi connectivity index (χ0) is 27.0. The van der Waals surface area contributed by atoms with E-state index in [9.17, 15) is 14.4 Å². The maximum Gasteiger partial charge on any atom is 0.324 e. The molecular formula is C29H33N7O3. The van der Waals surface area contributed by atoms with E-state index in [2.05, 4.69) is 25.8 Å². The molecule has 10 nitrogen and oxygen atoms in total. The van der Waals surface area contributed by atoms with Crippen LogP contribution in [0.5, 0.6) is 0 Å². The number of anilines is 1. The highest BCUT2D eigenvalue weighted by atomic mass is 16.2. The molecule has 3 aliphatic rings. The number of imide groups is 1. The van der Waals surface area contributed by atoms with Gasteiger partial charge in [0.1, 0.15) is 6.04 Å². The largest absolute Gasteiger partial charge is 0.346 e. The lowest BCUT2D eigenvalue weighted by Crippen LogP contribution is -2.57. The maximum atomic E-state index is 13.6. The number of aliphatic imine (C=N–C) groups is 1. The minimum absolute atomic E-state index is 0.0940. The first-order valence-corrected chi connectivity index (χ1v) is 13.7. The lowest BCUT2D eigenvalue weighted by molar-refractivity contribution is -0.135. The number of aromatic nitrogens is 2. The molecule has 2 fully saturated rings. The summed E-state index contributed by atoms with van der Waals surface area (Å²) in [5.74, 6) is -0.404. The van der Waals surface area contributed by atoms with Crippen molar-refractivity contribution in [3.8, 4) is 0 Å². The molecule has 2 unspecified atom stereocenters. The molecule has 2 aromatic carbocycles. The molecule has 0 radical (unpaired) electrons. The summed E-state index contributed by atoms with van der Waals surface area (Å²) < 4.78 is 0. The first kappa shape index (κ1) is 25.1. The zero-order valence-electron chi connectivity index (χ0n) is 22.1. The number of amides is 4. The lowest BCUT2D eigenvalue weighted by atomic mass is 9.79. The van der Waals surface area contributed by atoms with Crippen LogP contribution in [0, 0.1) is 6.92 Å². The first-order valence-electron chi connectivity index (χ1n) is 13.7. The number of piperidine rings is 2. The molecule has 0 bridgehead atoms. The van der Waals surface area contributed by atoms with E-state index in [-0.39, 0.29) is 24.8 Å². The minimum atomic E-state index is -0.777. The molecule has 1 spiro atoms. The molecule has 1 aromatic heterocycles. The van der Waals surface area contributed by atoms with Crippen molar-refractivity contribution in [2.45, 2.75) is 57.0 Å². The molecule has 0 aliphatic carbocycles. The van der Waals surface area contributed by atoms with E-state index in [1.807, 2.05) is 48.2 Å². The number of urea groups is 1. The summed E-state index contributed by atoms with van der Waals surface area (Å²) in [6, 6.07) is 10.5. The van der Waals surface area contributed by atoms with Gasteiger partial charge in [0.15, 0.2) is 0 Å². The van der Waals surface area contributed by atoms with Crippen LogP contribution in [0.3, 0.4) is 0 Å². The van der Waals surface area contributed by atoms with E-state index in [0.29, 0.717) is 25.9 Å². The summed E-state index contributed by atoms with van der Waals surface area (Å²) in [4.78, 5) is 48.2. The second kappa shape index (κ2) is 10.2. The van der Waals surface area contributed by atoms with Crippen molar-refractivity contribution in [3.63, 3.8) is 0 Å². The van der Waals surface area contributed by atoms with Crippen molar-refractivity contribution in [2.75, 3.05) is 25.0 Å². The van der Waals surface area contributed by atoms with Crippen molar-refractivity contribution in [2.24, 2.45) is 4.99 Å². The lowest BCUT2D eigenvalue weighted by Gasteiger charge is -2.40. The topological polar surface area (TPSA) is 123 Å². The fraction of sp³-hybridized carbons (Fsp3) is 0.414. The molecule has 10 heteroatoms. The Kier molecular flexibility index (Phi) is 6.54. The van der Waals surface area contributed by atoms with Crippen LogP contribution in [0.15, 0.2) is 47.6 Å². The molecule has 4 amide bonds. The van der Waals surface area contributed by atoms with E-state index < -0.39 is 17.6 Å². The molecule has 3 aromatic rings. The number of hydrogen-bond donors (Lipinski definition) is 3. The van der Waals surface area contributed by atoms with Crippen LogP contribution in [0.25, 0.3) is 10.9 Å². The number of hydrogen-bond acceptors (Lipinski definition) is 6. The van der Waals surface area contributed by atoms with Crippen molar-refractivity contribution < 1.29 is 14.4 Å². The number of aromatic amines is 1. The SMILES string of the molecule is Cc1cc(CC(NC(=O)N2CCC3(CC2=O)N=CNc2ccccc23)C(=O)N2CCCCC2)cc2cn[nH]c12. The fourth-order valence-electron chi connectivity index (χ4n) is 6.15. The van der Waals surface area contributed by atoms with Gasteiger partial charge >= 0.3 is 6.03 Å². The fourth-order valence-corrected chi connectivity index (χ4v) is 6.15. The summed E-state index contributed by atoms with van der Waals surface area (Å²) in [6.07, 6.45) is 7.35. The normalized spacial score (nSPS) is 21.5. The third-order valence-corrected chi connectivity index (χ3v) is 8.21. The van der Waals surface area contributed by atoms with Crippen LogP contribution in [-0.4, -0.2) is 69.9 Å². The smallest absolute Gasteiger partial charge is 0.324 e. The number of fused-ring (bicyclic) bond motifs is 3. The van der Waals surface area contributed by atoms with Gasteiger partial charge in [-0.1, -0.05) is 24.3 Å². The second-order valence-corrected chi connectivity index (χ2v) is 10.8. The average molecular weight is 528 g/mol. The Balaban J connectivity index is 1.21. The van der Waals surface area contributed by atoms with Gasteiger partial charge in [-0.05, 0) is 55.9 Å². The number of benzene rings is 2. The molecule has 0 saturated carbocycles. The monoisotopic (exact) mass is 527 g/mol. The van der Waals surface area contributed by atoms with E-state index in [0.717, 1.165) is 52.5 Å². The summed E-state index contributed by atoms with van der Waals surface area (Å²) in [7, 11) is 0. The second-order valence-electron chi connectivity index (χ2n) is 10.8. The summed E-state index contributed by atoms with van der Waals surface area (Å²) in [6.45, 7) is 3.58. The molecule has 3 N–H and O–H groups in total. The highest BCUT2D eigenvalue weighted by Gasteiger charge is 2.44. The number of carbonyl (C=O) groups excluding carboxylic acids is 3. The molecular weight excluding hydrogens is 494 g/mol. The van der Waals surface area contributed by atoms with E-state index in [4.69, 9.17) is 0 Å². The highest BCUT2D eigenvalue weighted by molar-refractivity contribution is 5.98. The number of likely N-dealkylation sites (tertiary alicyclic amines) is 2. The Morgan fingerprint density at radius 2 is 1.95 bits per heavy atom. The van der Waals surface area contributed by atoms with Crippen LogP contribution >= 0.6 is 0 Å². The minimum Gasteiger partial charge on any atom is -0.346 e. The molecule has 3 aliphatic heterocycles. The van der Waals surface area contributed by atoms with Crippen molar-refractivity contribution >= 4 is 40.8 Å². The molecule has 6 rings (SSSR count). The molecule has 2 atom stereocenters. The predicted molar refractivity (Wildman–Crippen MR) is 148 cm³/mol. The van der Waals surface area contributed by atoms with Crippen LogP contribution < -0.4 is 10.6 Å². The summed E-state index contributed by atoms with van der Waals surface area (Å²) >= 11 is 0. The number of H-pyrrole nitrogens is 1. The van der Waals surface area contributed by atoms with E-state index >= 15 is 0 Å². The Hall–Kier alpha value is -4.21. The van der Waals surface area contributed by atoms with Gasteiger partial charge in [-0.2, -0.15) is 5.10 Å². The molecule has 4 heterocycles. The molecule has 202 valence electrons. The number of carbonyl (C=O) groups is 3. The third-order valence-electron chi connectivity index (χ3n) is 8.21. The summed E-state index contributed by atoms with van der Waals surface area (Å²) in [5.41, 5.74) is 4.11. The van der Waals surface area contributed by atoms with Gasteiger partial charge in [-0.15, -0.1) is 0 Å². The number of rotatable bonds is 4. The van der Waals surface area contributed by atoms with Crippen LogP contribution in [0.1, 0.15) is 48.8 Å². The van der Waals surface area contributed by atoms with Gasteiger partial charge in [0.25, 0.3) is 0 Å². The van der Waals surface area contributed by atoms with Gasteiger partial charge < -0.3 is 15.5 Å². The Labute approximate surface area is 226 Å². The molecule has 39 heavy (non-hydrogen) atoms. The van der Waals surface area contributed by atoms with E-state index in [1.165, 1.54) is 4.90 Å². The van der Waals surface area contributed by atoms with Gasteiger partial charge in [0.2, 0.25) is 11.8 Å². The quantitative estimate of drug-likeness (QED) is 0.480. The summed E-state index contributed by atoms with van der Waals surface area (Å²) in [5, 5.41) is 14.2. The Morgan fingerprint density at radius 1 is 1.13 bits per heavy atom.